The molecule has 1 fully saturated rings. The van der Waals surface area contributed by atoms with Crippen LogP contribution in [0.3, 0.4) is 0 Å². The van der Waals surface area contributed by atoms with Crippen molar-refractivity contribution in [1.82, 2.24) is 10.6 Å². The van der Waals surface area contributed by atoms with E-state index in [0.717, 1.165) is 6.42 Å². The van der Waals surface area contributed by atoms with Gasteiger partial charge in [0.15, 0.2) is 0 Å². The van der Waals surface area contributed by atoms with Gasteiger partial charge >= 0.3 is 0 Å². The van der Waals surface area contributed by atoms with E-state index in [-0.39, 0.29) is 11.9 Å². The van der Waals surface area contributed by atoms with Gasteiger partial charge in [-0.15, -0.1) is 6.42 Å². The van der Waals surface area contributed by atoms with E-state index in [0.29, 0.717) is 17.8 Å². The summed E-state index contributed by atoms with van der Waals surface area (Å²) in [6.45, 7) is 2.20. The normalized spacial score (nSPS) is 26.1. The second-order valence-corrected chi connectivity index (χ2v) is 5.20. The van der Waals surface area contributed by atoms with Gasteiger partial charge in [0, 0.05) is 11.3 Å². The van der Waals surface area contributed by atoms with E-state index in [2.05, 4.69) is 22.8 Å². The van der Waals surface area contributed by atoms with Gasteiger partial charge in [-0.25, -0.2) is 0 Å². The molecule has 0 aromatic heterocycles. The van der Waals surface area contributed by atoms with E-state index in [9.17, 15) is 4.79 Å². The molecule has 90 valence electrons. The summed E-state index contributed by atoms with van der Waals surface area (Å²) in [5.74, 6) is 2.39. The third kappa shape index (κ3) is 3.73. The van der Waals surface area contributed by atoms with E-state index in [1.165, 1.54) is 12.8 Å². The second-order valence-electron chi connectivity index (χ2n) is 4.12. The summed E-state index contributed by atoms with van der Waals surface area (Å²) < 4.78 is 0. The molecule has 3 unspecified atom stereocenters. The van der Waals surface area contributed by atoms with Crippen molar-refractivity contribution < 1.29 is 4.79 Å². The van der Waals surface area contributed by atoms with Crippen molar-refractivity contribution in [3.8, 4) is 12.3 Å². The average molecular weight is 240 g/mol. The number of carbonyl (C=O) groups is 1. The highest BCUT2D eigenvalue weighted by molar-refractivity contribution is 7.99. The van der Waals surface area contributed by atoms with Crippen LogP contribution in [0.1, 0.15) is 26.2 Å². The molecule has 3 nitrogen and oxygen atoms in total. The molecular weight excluding hydrogens is 220 g/mol. The third-order valence-corrected chi connectivity index (χ3v) is 4.15. The van der Waals surface area contributed by atoms with Crippen molar-refractivity contribution in [3.63, 3.8) is 0 Å². The Morgan fingerprint density at radius 1 is 1.62 bits per heavy atom. The lowest BCUT2D eigenvalue weighted by atomic mass is 10.2. The van der Waals surface area contributed by atoms with Crippen LogP contribution in [0.2, 0.25) is 0 Å². The van der Waals surface area contributed by atoms with Gasteiger partial charge in [0.1, 0.15) is 0 Å². The molecule has 0 bridgehead atoms. The van der Waals surface area contributed by atoms with Crippen LogP contribution in [-0.2, 0) is 4.79 Å². The molecule has 1 rings (SSSR count). The van der Waals surface area contributed by atoms with Gasteiger partial charge in [-0.3, -0.25) is 4.79 Å². The van der Waals surface area contributed by atoms with Crippen molar-refractivity contribution in [2.24, 2.45) is 0 Å². The molecule has 1 amide bonds. The molecular formula is C12H20N2OS. The van der Waals surface area contributed by atoms with Crippen molar-refractivity contribution in [2.45, 2.75) is 43.5 Å². The first-order chi connectivity index (χ1) is 7.69. The lowest BCUT2D eigenvalue weighted by molar-refractivity contribution is -0.122. The maximum atomic E-state index is 11.6. The van der Waals surface area contributed by atoms with Crippen LogP contribution >= 0.6 is 11.8 Å². The monoisotopic (exact) mass is 240 g/mol. The van der Waals surface area contributed by atoms with Crippen LogP contribution in [0, 0.1) is 12.3 Å². The molecule has 16 heavy (non-hydrogen) atoms. The maximum absolute atomic E-state index is 11.6. The predicted octanol–water partition coefficient (Wildman–Crippen LogP) is 0.998. The fourth-order valence-corrected chi connectivity index (χ4v) is 3.03. The molecule has 3 atom stereocenters. The standard InChI is InChI=1S/C12H20N2OS/c1-4-8-13-12(15)9(2)14-10-6-5-7-11(10)16-3/h1,9-11,14H,5-8H2,2-3H3,(H,13,15). The molecule has 0 aliphatic heterocycles. The Bertz CT molecular complexity index is 275. The summed E-state index contributed by atoms with van der Waals surface area (Å²) in [4.78, 5) is 11.6. The van der Waals surface area contributed by atoms with Crippen LogP contribution in [0.25, 0.3) is 0 Å². The van der Waals surface area contributed by atoms with Gasteiger partial charge in [0.05, 0.1) is 12.6 Å². The Balaban J connectivity index is 2.35. The zero-order valence-corrected chi connectivity index (χ0v) is 10.8. The largest absolute Gasteiger partial charge is 0.344 e. The Hall–Kier alpha value is -0.660. The van der Waals surface area contributed by atoms with Crippen LogP contribution in [0.5, 0.6) is 0 Å². The quantitative estimate of drug-likeness (QED) is 0.704. The van der Waals surface area contributed by atoms with E-state index in [1.807, 2.05) is 18.7 Å². The molecule has 0 spiro atoms. The first-order valence-electron chi connectivity index (χ1n) is 5.69. The van der Waals surface area contributed by atoms with Crippen LogP contribution in [0.15, 0.2) is 0 Å². The van der Waals surface area contributed by atoms with Crippen molar-refractivity contribution in [1.29, 1.82) is 0 Å². The smallest absolute Gasteiger partial charge is 0.237 e. The Kier molecular flexibility index (Phi) is 5.72. The first kappa shape index (κ1) is 13.4. The van der Waals surface area contributed by atoms with Crippen molar-refractivity contribution in [3.05, 3.63) is 0 Å². The minimum atomic E-state index is -0.161. The number of hydrogen-bond donors (Lipinski definition) is 2. The summed E-state index contributed by atoms with van der Waals surface area (Å²) in [6.07, 6.45) is 10.9. The highest BCUT2D eigenvalue weighted by Gasteiger charge is 2.28. The minimum absolute atomic E-state index is 0.00953. The molecule has 1 saturated carbocycles. The highest BCUT2D eigenvalue weighted by Crippen LogP contribution is 2.28. The summed E-state index contributed by atoms with van der Waals surface area (Å²) >= 11 is 1.89. The van der Waals surface area contributed by atoms with Crippen molar-refractivity contribution >= 4 is 17.7 Å². The average Bonchev–Trinajstić information content (AvgIpc) is 2.72. The van der Waals surface area contributed by atoms with Gasteiger partial charge in [-0.05, 0) is 26.0 Å². The predicted molar refractivity (Wildman–Crippen MR) is 69.4 cm³/mol. The zero-order valence-electron chi connectivity index (χ0n) is 9.95. The van der Waals surface area contributed by atoms with Crippen LogP contribution in [-0.4, -0.2) is 36.0 Å². The highest BCUT2D eigenvalue weighted by atomic mass is 32.2. The summed E-state index contributed by atoms with van der Waals surface area (Å²) in [5, 5.41) is 6.72. The van der Waals surface area contributed by atoms with Gasteiger partial charge < -0.3 is 10.6 Å². The lowest BCUT2D eigenvalue weighted by Gasteiger charge is -2.23. The number of carbonyl (C=O) groups excluding carboxylic acids is 1. The first-order valence-corrected chi connectivity index (χ1v) is 6.97. The topological polar surface area (TPSA) is 41.1 Å². The van der Waals surface area contributed by atoms with Gasteiger partial charge in [-0.2, -0.15) is 11.8 Å². The van der Waals surface area contributed by atoms with E-state index in [4.69, 9.17) is 6.42 Å². The van der Waals surface area contributed by atoms with E-state index in [1.54, 1.807) is 0 Å². The van der Waals surface area contributed by atoms with Gasteiger partial charge in [-0.1, -0.05) is 12.3 Å². The molecule has 0 saturated heterocycles. The summed E-state index contributed by atoms with van der Waals surface area (Å²) in [5.41, 5.74) is 0. The Morgan fingerprint density at radius 3 is 3.00 bits per heavy atom. The number of nitrogens with one attached hydrogen (secondary N) is 2. The fraction of sp³-hybridized carbons (Fsp3) is 0.750. The molecule has 1 aliphatic carbocycles. The van der Waals surface area contributed by atoms with Crippen LogP contribution in [0.4, 0.5) is 0 Å². The zero-order chi connectivity index (χ0) is 12.0. The van der Waals surface area contributed by atoms with Gasteiger partial charge in [0.2, 0.25) is 5.91 Å². The summed E-state index contributed by atoms with van der Waals surface area (Å²) in [6, 6.07) is 0.299. The number of hydrogen-bond acceptors (Lipinski definition) is 3. The van der Waals surface area contributed by atoms with Crippen molar-refractivity contribution in [2.75, 3.05) is 12.8 Å². The summed E-state index contributed by atoms with van der Waals surface area (Å²) in [7, 11) is 0. The molecule has 1 aliphatic rings. The SMILES string of the molecule is C#CCNC(=O)C(C)NC1CCCC1SC. The lowest BCUT2D eigenvalue weighted by Crippen LogP contribution is -2.48. The molecule has 0 heterocycles. The van der Waals surface area contributed by atoms with E-state index >= 15 is 0 Å². The number of terminal acetylenes is 1. The second kappa shape index (κ2) is 6.82. The molecule has 0 radical (unpaired) electrons. The number of amides is 1. The number of thioether (sulfide) groups is 1. The maximum Gasteiger partial charge on any atom is 0.237 e. The molecule has 0 aromatic rings. The molecule has 0 aromatic carbocycles. The van der Waals surface area contributed by atoms with E-state index < -0.39 is 0 Å². The fourth-order valence-electron chi connectivity index (χ4n) is 2.09. The molecule has 4 heteroatoms. The minimum Gasteiger partial charge on any atom is -0.344 e. The number of rotatable bonds is 5. The van der Waals surface area contributed by atoms with Crippen LogP contribution < -0.4 is 10.6 Å². The Labute approximate surface area is 102 Å². The third-order valence-electron chi connectivity index (χ3n) is 2.98. The molecule has 2 N–H and O–H groups in total. The Morgan fingerprint density at radius 2 is 2.38 bits per heavy atom. The van der Waals surface area contributed by atoms with Gasteiger partial charge in [0.25, 0.3) is 0 Å².